The van der Waals surface area contributed by atoms with Crippen LogP contribution in [0.4, 0.5) is 10.1 Å². The van der Waals surface area contributed by atoms with Gasteiger partial charge in [0.1, 0.15) is 5.82 Å². The molecular weight excluding hydrogens is 423 g/mol. The number of carbonyl (C=O) groups excluding carboxylic acids is 1. The molecule has 128 valence electrons. The lowest BCUT2D eigenvalue weighted by molar-refractivity contribution is -0.117. The first-order valence-corrected chi connectivity index (χ1v) is 9.38. The van der Waals surface area contributed by atoms with Crippen molar-refractivity contribution in [3.63, 3.8) is 0 Å². The summed E-state index contributed by atoms with van der Waals surface area (Å²) in [5.41, 5.74) is -0.0444. The van der Waals surface area contributed by atoms with Gasteiger partial charge in [-0.2, -0.15) is 4.72 Å². The van der Waals surface area contributed by atoms with Gasteiger partial charge in [0.2, 0.25) is 15.9 Å². The highest BCUT2D eigenvalue weighted by Gasteiger charge is 2.23. The van der Waals surface area contributed by atoms with Gasteiger partial charge in [0.25, 0.3) is 0 Å². The summed E-state index contributed by atoms with van der Waals surface area (Å²) in [6.07, 6.45) is 0. The average Bonchev–Trinajstić information content (AvgIpc) is 2.49. The van der Waals surface area contributed by atoms with Crippen LogP contribution in [0, 0.1) is 5.82 Å². The summed E-state index contributed by atoms with van der Waals surface area (Å²) in [6.45, 7) is 1.36. The van der Waals surface area contributed by atoms with Crippen LogP contribution in [-0.4, -0.2) is 20.4 Å². The van der Waals surface area contributed by atoms with Crippen molar-refractivity contribution in [3.05, 3.63) is 57.8 Å². The lowest BCUT2D eigenvalue weighted by atomic mass is 10.2. The normalized spacial score (nSPS) is 12.7. The number of carbonyl (C=O) groups is 1. The first-order valence-electron chi connectivity index (χ1n) is 6.73. The zero-order valence-corrected chi connectivity index (χ0v) is 15.5. The summed E-state index contributed by atoms with van der Waals surface area (Å²) in [5, 5.41) is 2.59. The summed E-state index contributed by atoms with van der Waals surface area (Å²) >= 11 is 8.88. The predicted octanol–water partition coefficient (Wildman–Crippen LogP) is 3.55. The molecule has 2 aromatic rings. The Labute approximate surface area is 152 Å². The second kappa shape index (κ2) is 7.60. The Kier molecular flexibility index (Phi) is 5.97. The van der Waals surface area contributed by atoms with Crippen LogP contribution in [0.2, 0.25) is 5.02 Å². The molecular formula is C15H13BrClFN2O3S. The van der Waals surface area contributed by atoms with Crippen molar-refractivity contribution in [2.45, 2.75) is 17.9 Å². The third-order valence-electron chi connectivity index (χ3n) is 3.02. The Morgan fingerprint density at radius 2 is 1.96 bits per heavy atom. The number of rotatable bonds is 5. The van der Waals surface area contributed by atoms with E-state index in [1.165, 1.54) is 43.3 Å². The molecule has 0 aliphatic heterocycles. The Bertz CT molecular complexity index is 877. The molecule has 0 fully saturated rings. The van der Waals surface area contributed by atoms with Gasteiger partial charge in [-0.25, -0.2) is 12.8 Å². The van der Waals surface area contributed by atoms with E-state index in [4.69, 9.17) is 11.6 Å². The van der Waals surface area contributed by atoms with Crippen molar-refractivity contribution in [3.8, 4) is 0 Å². The average molecular weight is 436 g/mol. The molecule has 0 unspecified atom stereocenters. The zero-order chi connectivity index (χ0) is 17.9. The fourth-order valence-corrected chi connectivity index (χ4v) is 3.66. The van der Waals surface area contributed by atoms with Gasteiger partial charge in [0.05, 0.1) is 16.6 Å². The van der Waals surface area contributed by atoms with E-state index in [-0.39, 0.29) is 15.6 Å². The van der Waals surface area contributed by atoms with E-state index in [9.17, 15) is 17.6 Å². The molecule has 1 atom stereocenters. The van der Waals surface area contributed by atoms with Crippen LogP contribution in [0.1, 0.15) is 6.92 Å². The molecule has 1 amide bonds. The van der Waals surface area contributed by atoms with Gasteiger partial charge in [0.15, 0.2) is 0 Å². The summed E-state index contributed by atoms with van der Waals surface area (Å²) in [4.78, 5) is 12.0. The quantitative estimate of drug-likeness (QED) is 0.754. The highest BCUT2D eigenvalue weighted by molar-refractivity contribution is 9.10. The van der Waals surface area contributed by atoms with Crippen molar-refractivity contribution < 1.29 is 17.6 Å². The number of amides is 1. The molecule has 0 saturated heterocycles. The van der Waals surface area contributed by atoms with E-state index >= 15 is 0 Å². The maximum absolute atomic E-state index is 13.7. The Balaban J connectivity index is 2.11. The standard InChI is InChI=1S/C15H13BrClFN2O3S/c1-9(15(21)19-14-6-5-10(16)7-13(14)18)20-24(22,23)12-4-2-3-11(17)8-12/h2-9,20H,1H3,(H,19,21)/t9-/m0/s1. The Hall–Kier alpha value is -1.48. The maximum atomic E-state index is 13.7. The molecule has 9 heteroatoms. The summed E-state index contributed by atoms with van der Waals surface area (Å²) < 4.78 is 40.9. The highest BCUT2D eigenvalue weighted by atomic mass is 79.9. The second-order valence-corrected chi connectivity index (χ2v) is 7.98. The number of sulfonamides is 1. The van der Waals surface area contributed by atoms with Crippen LogP contribution in [0.3, 0.4) is 0 Å². The Morgan fingerprint density at radius 1 is 1.25 bits per heavy atom. The van der Waals surface area contributed by atoms with Crippen LogP contribution >= 0.6 is 27.5 Å². The molecule has 0 radical (unpaired) electrons. The molecule has 0 saturated carbocycles. The topological polar surface area (TPSA) is 75.3 Å². The molecule has 2 aromatic carbocycles. The zero-order valence-electron chi connectivity index (χ0n) is 12.4. The van der Waals surface area contributed by atoms with Crippen molar-refractivity contribution >= 4 is 49.1 Å². The largest absolute Gasteiger partial charge is 0.322 e. The van der Waals surface area contributed by atoms with E-state index < -0.39 is 27.8 Å². The van der Waals surface area contributed by atoms with Gasteiger partial charge in [0, 0.05) is 9.50 Å². The molecule has 0 bridgehead atoms. The highest BCUT2D eigenvalue weighted by Crippen LogP contribution is 2.20. The number of hydrogen-bond acceptors (Lipinski definition) is 3. The number of nitrogens with one attached hydrogen (secondary N) is 2. The van der Waals surface area contributed by atoms with Crippen molar-refractivity contribution in [2.75, 3.05) is 5.32 Å². The minimum absolute atomic E-state index is 0.0444. The molecule has 0 aliphatic carbocycles. The van der Waals surface area contributed by atoms with Crippen LogP contribution in [-0.2, 0) is 14.8 Å². The lowest BCUT2D eigenvalue weighted by Gasteiger charge is -2.15. The summed E-state index contributed by atoms with van der Waals surface area (Å²) in [6, 6.07) is 8.64. The lowest BCUT2D eigenvalue weighted by Crippen LogP contribution is -2.41. The monoisotopic (exact) mass is 434 g/mol. The molecule has 5 nitrogen and oxygen atoms in total. The van der Waals surface area contributed by atoms with E-state index in [0.29, 0.717) is 4.47 Å². The third kappa shape index (κ3) is 4.76. The summed E-state index contributed by atoms with van der Waals surface area (Å²) in [7, 11) is -3.93. The van der Waals surface area contributed by atoms with Gasteiger partial charge in [-0.15, -0.1) is 0 Å². The van der Waals surface area contributed by atoms with Crippen LogP contribution < -0.4 is 10.0 Å². The first-order chi connectivity index (χ1) is 11.2. The predicted molar refractivity (Wildman–Crippen MR) is 94.0 cm³/mol. The fourth-order valence-electron chi connectivity index (χ4n) is 1.82. The number of benzene rings is 2. The number of halogens is 3. The van der Waals surface area contributed by atoms with Crippen molar-refractivity contribution in [2.24, 2.45) is 0 Å². The van der Waals surface area contributed by atoms with Gasteiger partial charge >= 0.3 is 0 Å². The smallest absolute Gasteiger partial charge is 0.242 e. The second-order valence-electron chi connectivity index (χ2n) is 4.91. The van der Waals surface area contributed by atoms with Gasteiger partial charge in [-0.3, -0.25) is 4.79 Å². The molecule has 0 aromatic heterocycles. The van der Waals surface area contributed by atoms with Crippen LogP contribution in [0.5, 0.6) is 0 Å². The molecule has 24 heavy (non-hydrogen) atoms. The minimum atomic E-state index is -3.93. The van der Waals surface area contributed by atoms with E-state index in [2.05, 4.69) is 26.0 Å². The van der Waals surface area contributed by atoms with Crippen LogP contribution in [0.25, 0.3) is 0 Å². The van der Waals surface area contributed by atoms with Crippen molar-refractivity contribution in [1.82, 2.24) is 4.72 Å². The molecule has 0 aliphatic rings. The van der Waals surface area contributed by atoms with Crippen LogP contribution in [0.15, 0.2) is 51.8 Å². The molecule has 0 heterocycles. The maximum Gasteiger partial charge on any atom is 0.242 e. The molecule has 2 N–H and O–H groups in total. The van der Waals surface area contributed by atoms with E-state index in [1.807, 2.05) is 0 Å². The van der Waals surface area contributed by atoms with Gasteiger partial charge in [-0.1, -0.05) is 33.6 Å². The van der Waals surface area contributed by atoms with Crippen molar-refractivity contribution in [1.29, 1.82) is 0 Å². The SMILES string of the molecule is C[C@H](NS(=O)(=O)c1cccc(Cl)c1)C(=O)Nc1ccc(Br)cc1F. The van der Waals surface area contributed by atoms with Gasteiger partial charge in [-0.05, 0) is 43.3 Å². The first kappa shape index (κ1) is 18.9. The third-order valence-corrected chi connectivity index (χ3v) is 5.29. The molecule has 0 spiro atoms. The van der Waals surface area contributed by atoms with E-state index in [1.54, 1.807) is 6.07 Å². The summed E-state index contributed by atoms with van der Waals surface area (Å²) in [5.74, 6) is -1.33. The molecule has 2 rings (SSSR count). The minimum Gasteiger partial charge on any atom is -0.322 e. The van der Waals surface area contributed by atoms with E-state index in [0.717, 1.165) is 0 Å². The number of hydrogen-bond donors (Lipinski definition) is 2. The Morgan fingerprint density at radius 3 is 2.58 bits per heavy atom. The van der Waals surface area contributed by atoms with Gasteiger partial charge < -0.3 is 5.32 Å². The number of anilines is 1. The fraction of sp³-hybridized carbons (Fsp3) is 0.133.